The summed E-state index contributed by atoms with van der Waals surface area (Å²) in [5, 5.41) is 5.17. The number of nitrogens with one attached hydrogen (secondary N) is 1. The number of carbonyl (C=O) groups is 1. The molecule has 2 aromatic heterocycles. The van der Waals surface area contributed by atoms with Crippen molar-refractivity contribution < 1.29 is 4.79 Å². The number of para-hydroxylation sites is 1. The standard InChI is InChI=1S/C17H16N4O/c1-2-21-12-14(15-5-3-4-6-16(15)21)11-19-20-17(22)13-7-9-18-10-8-13/h3-12H,2H2,1H3,(H,20,22)/b19-11+. The quantitative estimate of drug-likeness (QED) is 0.594. The SMILES string of the molecule is CCn1cc(/C=N/NC(=O)c2ccncc2)c2ccccc21. The van der Waals surface area contributed by atoms with E-state index in [1.165, 1.54) is 0 Å². The normalized spacial score (nSPS) is 11.1. The average Bonchev–Trinajstić information content (AvgIpc) is 2.94. The largest absolute Gasteiger partial charge is 0.347 e. The third-order valence-electron chi connectivity index (χ3n) is 3.47. The molecule has 0 saturated carbocycles. The molecule has 0 radical (unpaired) electrons. The van der Waals surface area contributed by atoms with Crippen molar-refractivity contribution in [3.63, 3.8) is 0 Å². The second kappa shape index (κ2) is 6.22. The molecular weight excluding hydrogens is 276 g/mol. The van der Waals surface area contributed by atoms with Gasteiger partial charge in [-0.3, -0.25) is 9.78 Å². The van der Waals surface area contributed by atoms with Gasteiger partial charge in [-0.2, -0.15) is 5.10 Å². The highest BCUT2D eigenvalue weighted by Gasteiger charge is 2.06. The third-order valence-corrected chi connectivity index (χ3v) is 3.47. The molecule has 110 valence electrons. The van der Waals surface area contributed by atoms with Crippen LogP contribution in [-0.2, 0) is 6.54 Å². The molecule has 1 amide bonds. The number of benzene rings is 1. The van der Waals surface area contributed by atoms with Crippen molar-refractivity contribution in [1.29, 1.82) is 0 Å². The van der Waals surface area contributed by atoms with E-state index in [1.54, 1.807) is 30.7 Å². The molecule has 0 aliphatic heterocycles. The lowest BCUT2D eigenvalue weighted by Crippen LogP contribution is -2.17. The molecule has 0 unspecified atom stereocenters. The second-order valence-corrected chi connectivity index (χ2v) is 4.82. The summed E-state index contributed by atoms with van der Waals surface area (Å²) in [5.41, 5.74) is 5.20. The van der Waals surface area contributed by atoms with Crippen LogP contribution in [0, 0.1) is 0 Å². The lowest BCUT2D eigenvalue weighted by Gasteiger charge is -1.98. The van der Waals surface area contributed by atoms with Crippen molar-refractivity contribution in [2.24, 2.45) is 5.10 Å². The number of rotatable bonds is 4. The van der Waals surface area contributed by atoms with Crippen molar-refractivity contribution in [2.45, 2.75) is 13.5 Å². The number of fused-ring (bicyclic) bond motifs is 1. The molecule has 0 spiro atoms. The Hall–Kier alpha value is -2.95. The summed E-state index contributed by atoms with van der Waals surface area (Å²) < 4.78 is 2.15. The van der Waals surface area contributed by atoms with Gasteiger partial charge in [0.25, 0.3) is 5.91 Å². The number of carbonyl (C=O) groups excluding carboxylic acids is 1. The van der Waals surface area contributed by atoms with Crippen LogP contribution in [0.25, 0.3) is 10.9 Å². The summed E-state index contributed by atoms with van der Waals surface area (Å²) >= 11 is 0. The highest BCUT2D eigenvalue weighted by Crippen LogP contribution is 2.19. The van der Waals surface area contributed by atoms with E-state index >= 15 is 0 Å². The first kappa shape index (κ1) is 14.0. The summed E-state index contributed by atoms with van der Waals surface area (Å²) in [6, 6.07) is 11.4. The molecule has 3 aromatic rings. The van der Waals surface area contributed by atoms with Crippen LogP contribution < -0.4 is 5.43 Å². The van der Waals surface area contributed by atoms with E-state index in [0.717, 1.165) is 23.0 Å². The van der Waals surface area contributed by atoms with E-state index in [4.69, 9.17) is 0 Å². The molecule has 22 heavy (non-hydrogen) atoms. The fourth-order valence-corrected chi connectivity index (χ4v) is 2.37. The van der Waals surface area contributed by atoms with Crippen molar-refractivity contribution >= 4 is 23.0 Å². The summed E-state index contributed by atoms with van der Waals surface area (Å²) in [7, 11) is 0. The monoisotopic (exact) mass is 292 g/mol. The molecule has 0 bridgehead atoms. The molecule has 0 fully saturated rings. The van der Waals surface area contributed by atoms with Crippen LogP contribution in [0.2, 0.25) is 0 Å². The topological polar surface area (TPSA) is 59.3 Å². The zero-order valence-corrected chi connectivity index (χ0v) is 12.2. The molecular formula is C17H16N4O. The van der Waals surface area contributed by atoms with Crippen LogP contribution in [0.1, 0.15) is 22.8 Å². The molecule has 1 N–H and O–H groups in total. The second-order valence-electron chi connectivity index (χ2n) is 4.82. The van der Waals surface area contributed by atoms with Crippen LogP contribution in [0.3, 0.4) is 0 Å². The average molecular weight is 292 g/mol. The number of amides is 1. The predicted octanol–water partition coefficient (Wildman–Crippen LogP) is 2.82. The first-order valence-corrected chi connectivity index (χ1v) is 7.11. The molecule has 0 atom stereocenters. The van der Waals surface area contributed by atoms with Crippen LogP contribution in [-0.4, -0.2) is 21.7 Å². The minimum Gasteiger partial charge on any atom is -0.347 e. The van der Waals surface area contributed by atoms with E-state index in [1.807, 2.05) is 24.4 Å². The number of pyridine rings is 1. The van der Waals surface area contributed by atoms with Crippen LogP contribution in [0.15, 0.2) is 60.1 Å². The number of hydrogen-bond donors (Lipinski definition) is 1. The maximum Gasteiger partial charge on any atom is 0.271 e. The van der Waals surface area contributed by atoms with Crippen LogP contribution >= 0.6 is 0 Å². The van der Waals surface area contributed by atoms with Gasteiger partial charge in [0.15, 0.2) is 0 Å². The maximum absolute atomic E-state index is 11.9. The Bertz CT molecular complexity index is 821. The lowest BCUT2D eigenvalue weighted by atomic mass is 10.2. The van der Waals surface area contributed by atoms with Crippen molar-refractivity contribution in [3.8, 4) is 0 Å². The molecule has 0 aliphatic rings. The first-order valence-electron chi connectivity index (χ1n) is 7.11. The Labute approximate surface area is 128 Å². The molecule has 0 saturated heterocycles. The molecule has 2 heterocycles. The predicted molar refractivity (Wildman–Crippen MR) is 86.9 cm³/mol. The number of aryl methyl sites for hydroxylation is 1. The minimum absolute atomic E-state index is 0.252. The van der Waals surface area contributed by atoms with Gasteiger partial charge in [0.1, 0.15) is 0 Å². The van der Waals surface area contributed by atoms with Gasteiger partial charge in [-0.15, -0.1) is 0 Å². The molecule has 0 aliphatic carbocycles. The zero-order chi connectivity index (χ0) is 15.4. The van der Waals surface area contributed by atoms with Gasteiger partial charge in [-0.05, 0) is 25.1 Å². The molecule has 1 aromatic carbocycles. The zero-order valence-electron chi connectivity index (χ0n) is 12.2. The summed E-state index contributed by atoms with van der Waals surface area (Å²) in [4.78, 5) is 15.8. The van der Waals surface area contributed by atoms with Gasteiger partial charge in [0, 0.05) is 47.2 Å². The number of aromatic nitrogens is 2. The van der Waals surface area contributed by atoms with Crippen LogP contribution in [0.4, 0.5) is 0 Å². The number of nitrogens with zero attached hydrogens (tertiary/aromatic N) is 3. The van der Waals surface area contributed by atoms with Gasteiger partial charge in [-0.25, -0.2) is 5.43 Å². The third kappa shape index (κ3) is 2.74. The highest BCUT2D eigenvalue weighted by molar-refractivity contribution is 6.00. The van der Waals surface area contributed by atoms with Crippen molar-refractivity contribution in [3.05, 3.63) is 66.1 Å². The fourth-order valence-electron chi connectivity index (χ4n) is 2.37. The Morgan fingerprint density at radius 1 is 1.27 bits per heavy atom. The Kier molecular flexibility index (Phi) is 3.96. The molecule has 5 nitrogen and oxygen atoms in total. The molecule has 5 heteroatoms. The van der Waals surface area contributed by atoms with Gasteiger partial charge in [-0.1, -0.05) is 18.2 Å². The van der Waals surface area contributed by atoms with Gasteiger partial charge in [0.2, 0.25) is 0 Å². The van der Waals surface area contributed by atoms with E-state index in [2.05, 4.69) is 33.1 Å². The van der Waals surface area contributed by atoms with Gasteiger partial charge in [0.05, 0.1) is 6.21 Å². The highest BCUT2D eigenvalue weighted by atomic mass is 16.2. The van der Waals surface area contributed by atoms with E-state index in [9.17, 15) is 4.79 Å². The Balaban J connectivity index is 1.80. The van der Waals surface area contributed by atoms with Gasteiger partial charge >= 0.3 is 0 Å². The lowest BCUT2D eigenvalue weighted by molar-refractivity contribution is 0.0955. The first-order chi connectivity index (χ1) is 10.8. The Morgan fingerprint density at radius 3 is 2.82 bits per heavy atom. The van der Waals surface area contributed by atoms with Crippen molar-refractivity contribution in [1.82, 2.24) is 15.0 Å². The van der Waals surface area contributed by atoms with Crippen LogP contribution in [0.5, 0.6) is 0 Å². The van der Waals surface area contributed by atoms with E-state index in [0.29, 0.717) is 5.56 Å². The smallest absolute Gasteiger partial charge is 0.271 e. The molecule has 3 rings (SSSR count). The van der Waals surface area contributed by atoms with Gasteiger partial charge < -0.3 is 4.57 Å². The minimum atomic E-state index is -0.252. The fraction of sp³-hybridized carbons (Fsp3) is 0.118. The number of hydrazone groups is 1. The van der Waals surface area contributed by atoms with E-state index in [-0.39, 0.29) is 5.91 Å². The van der Waals surface area contributed by atoms with Crippen molar-refractivity contribution in [2.75, 3.05) is 0 Å². The number of hydrogen-bond acceptors (Lipinski definition) is 3. The van der Waals surface area contributed by atoms with E-state index < -0.39 is 0 Å². The maximum atomic E-state index is 11.9. The Morgan fingerprint density at radius 2 is 2.05 bits per heavy atom. The summed E-state index contributed by atoms with van der Waals surface area (Å²) in [6.07, 6.45) is 6.86. The summed E-state index contributed by atoms with van der Waals surface area (Å²) in [5.74, 6) is -0.252. The summed E-state index contributed by atoms with van der Waals surface area (Å²) in [6.45, 7) is 2.98.